The van der Waals surface area contributed by atoms with E-state index < -0.39 is 6.10 Å². The van der Waals surface area contributed by atoms with Gasteiger partial charge in [0.05, 0.1) is 6.04 Å². The van der Waals surface area contributed by atoms with Crippen LogP contribution in [0.2, 0.25) is 0 Å². The van der Waals surface area contributed by atoms with Crippen molar-refractivity contribution in [3.05, 3.63) is 77.4 Å². The lowest BCUT2D eigenvalue weighted by molar-refractivity contribution is -0.128. The Bertz CT molecular complexity index is 1010. The maximum Gasteiger partial charge on any atom is 0.261 e. The second-order valence-electron chi connectivity index (χ2n) is 7.97. The molecule has 0 fully saturated rings. The predicted molar refractivity (Wildman–Crippen MR) is 118 cm³/mol. The zero-order valence-electron chi connectivity index (χ0n) is 17.3. The maximum absolute atomic E-state index is 12.8. The molecule has 1 N–H and O–H groups in total. The monoisotopic (exact) mass is 387 g/mol. The van der Waals surface area contributed by atoms with Crippen LogP contribution < -0.4 is 10.1 Å². The number of carbonyl (C=O) groups is 1. The Morgan fingerprint density at radius 3 is 2.52 bits per heavy atom. The largest absolute Gasteiger partial charge is 0.481 e. The minimum Gasteiger partial charge on any atom is -0.481 e. The van der Waals surface area contributed by atoms with Gasteiger partial charge in [-0.15, -0.1) is 0 Å². The first kappa shape index (κ1) is 19.5. The van der Waals surface area contributed by atoms with Gasteiger partial charge in [-0.05, 0) is 78.6 Å². The fourth-order valence-corrected chi connectivity index (χ4v) is 4.18. The van der Waals surface area contributed by atoms with Crippen LogP contribution in [0, 0.1) is 0 Å². The Morgan fingerprint density at radius 2 is 1.72 bits per heavy atom. The van der Waals surface area contributed by atoms with Crippen molar-refractivity contribution in [3.8, 4) is 5.75 Å². The van der Waals surface area contributed by atoms with Gasteiger partial charge in [0.1, 0.15) is 5.75 Å². The number of hydrogen-bond acceptors (Lipinski definition) is 2. The van der Waals surface area contributed by atoms with Gasteiger partial charge in [0, 0.05) is 0 Å². The van der Waals surface area contributed by atoms with Crippen LogP contribution in [0.3, 0.4) is 0 Å². The molecule has 1 aliphatic carbocycles. The molecular formula is C26H29NO2. The Balaban J connectivity index is 1.43. The second kappa shape index (κ2) is 8.69. The normalized spacial score (nSPS) is 15.4. The first-order chi connectivity index (χ1) is 14.1. The molecule has 0 aliphatic heterocycles. The highest BCUT2D eigenvalue weighted by Crippen LogP contribution is 2.26. The van der Waals surface area contributed by atoms with Crippen LogP contribution in [0.4, 0.5) is 0 Å². The fourth-order valence-electron chi connectivity index (χ4n) is 4.18. The molecule has 0 bridgehead atoms. The summed E-state index contributed by atoms with van der Waals surface area (Å²) in [6.07, 6.45) is 5.17. The zero-order valence-corrected chi connectivity index (χ0v) is 17.3. The average molecular weight is 388 g/mol. The summed E-state index contributed by atoms with van der Waals surface area (Å²) in [5.41, 5.74) is 4.11. The lowest BCUT2D eigenvalue weighted by atomic mass is 9.89. The van der Waals surface area contributed by atoms with Crippen LogP contribution in [0.25, 0.3) is 10.8 Å². The summed E-state index contributed by atoms with van der Waals surface area (Å²) in [5, 5.41) is 5.45. The van der Waals surface area contributed by atoms with Crippen molar-refractivity contribution in [2.45, 2.75) is 58.1 Å². The fraction of sp³-hybridized carbons (Fsp3) is 0.346. The zero-order chi connectivity index (χ0) is 20.2. The summed E-state index contributed by atoms with van der Waals surface area (Å²) in [5.74, 6) is 0.635. The van der Waals surface area contributed by atoms with Gasteiger partial charge in [-0.3, -0.25) is 4.79 Å². The number of benzene rings is 3. The van der Waals surface area contributed by atoms with Gasteiger partial charge in [0.2, 0.25) is 0 Å². The molecule has 3 nitrogen and oxygen atoms in total. The topological polar surface area (TPSA) is 38.3 Å². The molecule has 3 heteroatoms. The highest BCUT2D eigenvalue weighted by molar-refractivity contribution is 5.84. The molecule has 1 aliphatic rings. The van der Waals surface area contributed by atoms with Crippen molar-refractivity contribution in [2.24, 2.45) is 0 Å². The molecule has 3 aromatic carbocycles. The third-order valence-corrected chi connectivity index (χ3v) is 5.90. The Kier molecular flexibility index (Phi) is 5.84. The lowest BCUT2D eigenvalue weighted by Crippen LogP contribution is -2.38. The molecule has 150 valence electrons. The smallest absolute Gasteiger partial charge is 0.261 e. The molecule has 29 heavy (non-hydrogen) atoms. The van der Waals surface area contributed by atoms with Gasteiger partial charge in [-0.25, -0.2) is 0 Å². The molecule has 1 amide bonds. The Morgan fingerprint density at radius 1 is 0.966 bits per heavy atom. The molecule has 0 spiro atoms. The minimum atomic E-state index is -0.553. The van der Waals surface area contributed by atoms with Gasteiger partial charge in [-0.1, -0.05) is 55.5 Å². The van der Waals surface area contributed by atoms with Crippen molar-refractivity contribution in [1.29, 1.82) is 0 Å². The Labute approximate surface area is 173 Å². The van der Waals surface area contributed by atoms with Crippen molar-refractivity contribution >= 4 is 16.7 Å². The molecule has 3 aromatic rings. The van der Waals surface area contributed by atoms with E-state index in [1.807, 2.05) is 37.3 Å². The first-order valence-corrected chi connectivity index (χ1v) is 10.7. The van der Waals surface area contributed by atoms with E-state index in [1.54, 1.807) is 0 Å². The van der Waals surface area contributed by atoms with Gasteiger partial charge < -0.3 is 10.1 Å². The van der Waals surface area contributed by atoms with Gasteiger partial charge in [0.25, 0.3) is 5.91 Å². The van der Waals surface area contributed by atoms with Crippen molar-refractivity contribution in [1.82, 2.24) is 5.32 Å². The number of rotatable bonds is 6. The summed E-state index contributed by atoms with van der Waals surface area (Å²) >= 11 is 0. The molecular weight excluding hydrogens is 358 g/mol. The third kappa shape index (κ3) is 4.45. The van der Waals surface area contributed by atoms with E-state index in [-0.39, 0.29) is 11.9 Å². The standard InChI is InChI=1S/C26H29NO2/c1-3-25(23-13-12-19-8-4-6-10-21(19)16-23)27-26(28)18(2)29-24-15-14-20-9-5-7-11-22(20)17-24/h5,7,9,11-18,25H,3-4,6,8,10H2,1-2H3,(H,27,28)/t18-,25+/m1/s1. The van der Waals surface area contributed by atoms with Crippen LogP contribution in [0.1, 0.15) is 55.8 Å². The molecule has 0 saturated heterocycles. The number of carbonyl (C=O) groups excluding carboxylic acids is 1. The van der Waals surface area contributed by atoms with E-state index >= 15 is 0 Å². The van der Waals surface area contributed by atoms with Crippen LogP contribution >= 0.6 is 0 Å². The minimum absolute atomic E-state index is 0.0115. The summed E-state index contributed by atoms with van der Waals surface area (Å²) in [4.78, 5) is 12.8. The van der Waals surface area contributed by atoms with E-state index in [4.69, 9.17) is 4.74 Å². The van der Waals surface area contributed by atoms with E-state index in [2.05, 4.69) is 42.6 Å². The Hall–Kier alpha value is -2.81. The number of aryl methyl sites for hydroxylation is 2. The molecule has 0 saturated carbocycles. The maximum atomic E-state index is 12.8. The quantitative estimate of drug-likeness (QED) is 0.584. The van der Waals surface area contributed by atoms with Crippen molar-refractivity contribution < 1.29 is 9.53 Å². The molecule has 4 rings (SSSR count). The highest BCUT2D eigenvalue weighted by Gasteiger charge is 2.20. The van der Waals surface area contributed by atoms with Crippen molar-refractivity contribution in [2.75, 3.05) is 0 Å². The van der Waals surface area contributed by atoms with Crippen LogP contribution in [0.15, 0.2) is 60.7 Å². The number of hydrogen-bond donors (Lipinski definition) is 1. The van der Waals surface area contributed by atoms with Crippen molar-refractivity contribution in [3.63, 3.8) is 0 Å². The van der Waals surface area contributed by atoms with E-state index in [1.165, 1.54) is 36.0 Å². The summed E-state index contributed by atoms with van der Waals surface area (Å²) in [7, 11) is 0. The van der Waals surface area contributed by atoms with Gasteiger partial charge in [-0.2, -0.15) is 0 Å². The molecule has 0 unspecified atom stereocenters. The molecule has 2 atom stereocenters. The SMILES string of the molecule is CC[C@H](NC(=O)[C@@H](C)Oc1ccc2ccccc2c1)c1ccc2c(c1)CCCC2. The second-order valence-corrected chi connectivity index (χ2v) is 7.97. The third-order valence-electron chi connectivity index (χ3n) is 5.90. The van der Waals surface area contributed by atoms with E-state index in [9.17, 15) is 4.79 Å². The number of ether oxygens (including phenoxy) is 1. The van der Waals surface area contributed by atoms with Gasteiger partial charge in [0.15, 0.2) is 6.10 Å². The number of nitrogens with one attached hydrogen (secondary N) is 1. The van der Waals surface area contributed by atoms with E-state index in [0.717, 1.165) is 23.6 Å². The van der Waals surface area contributed by atoms with E-state index in [0.29, 0.717) is 5.75 Å². The summed E-state index contributed by atoms with van der Waals surface area (Å²) in [6, 6.07) is 20.8. The summed E-state index contributed by atoms with van der Waals surface area (Å²) in [6.45, 7) is 3.92. The predicted octanol–water partition coefficient (Wildman–Crippen LogP) is 5.75. The number of amides is 1. The van der Waals surface area contributed by atoms with Crippen LogP contribution in [-0.4, -0.2) is 12.0 Å². The average Bonchev–Trinajstić information content (AvgIpc) is 2.76. The first-order valence-electron chi connectivity index (χ1n) is 10.7. The number of fused-ring (bicyclic) bond motifs is 2. The van der Waals surface area contributed by atoms with Crippen LogP contribution in [-0.2, 0) is 17.6 Å². The summed E-state index contributed by atoms with van der Waals surface area (Å²) < 4.78 is 5.94. The van der Waals surface area contributed by atoms with Crippen LogP contribution in [0.5, 0.6) is 5.75 Å². The molecule has 0 aromatic heterocycles. The molecule has 0 radical (unpaired) electrons. The highest BCUT2D eigenvalue weighted by atomic mass is 16.5. The molecule has 0 heterocycles. The van der Waals surface area contributed by atoms with Gasteiger partial charge >= 0.3 is 0 Å². The lowest BCUT2D eigenvalue weighted by Gasteiger charge is -2.23.